The van der Waals surface area contributed by atoms with Crippen LogP contribution in [0.15, 0.2) is 12.1 Å². The number of hydrogen-bond donors (Lipinski definition) is 1. The molecule has 1 nitrogen and oxygen atoms in total. The maximum Gasteiger partial charge on any atom is 0.161 e. The lowest BCUT2D eigenvalue weighted by molar-refractivity contribution is -0.0614. The Morgan fingerprint density at radius 1 is 0.933 bits per heavy atom. The predicted octanol–water partition coefficient (Wildman–Crippen LogP) is 2.24. The van der Waals surface area contributed by atoms with E-state index in [1.807, 2.05) is 0 Å². The van der Waals surface area contributed by atoms with Gasteiger partial charge in [-0.2, -0.15) is 0 Å². The molecule has 0 aliphatic heterocycles. The first-order chi connectivity index (χ1) is 6.94. The quantitative estimate of drug-likeness (QED) is 0.711. The standard InChI is InChI=1S/C11H10F3N/c12-7-2-9(14)8(13)1-6(7)10-3-11(15,4-10)5-10/h1-2H,3-5,15H2. The largest absolute Gasteiger partial charge is 0.325 e. The van der Waals surface area contributed by atoms with Gasteiger partial charge in [-0.25, -0.2) is 13.2 Å². The van der Waals surface area contributed by atoms with Crippen molar-refractivity contribution in [3.63, 3.8) is 0 Å². The highest BCUT2D eigenvalue weighted by molar-refractivity contribution is 5.42. The van der Waals surface area contributed by atoms with E-state index >= 15 is 0 Å². The zero-order valence-electron chi connectivity index (χ0n) is 7.99. The van der Waals surface area contributed by atoms with Gasteiger partial charge in [-0.1, -0.05) is 0 Å². The Labute approximate surface area is 85.1 Å². The molecule has 1 aromatic carbocycles. The third kappa shape index (κ3) is 1.03. The fraction of sp³-hybridized carbons (Fsp3) is 0.455. The minimum atomic E-state index is -1.13. The average molecular weight is 213 g/mol. The zero-order valence-corrected chi connectivity index (χ0v) is 7.99. The van der Waals surface area contributed by atoms with Crippen LogP contribution in [0, 0.1) is 17.5 Å². The van der Waals surface area contributed by atoms with E-state index in [9.17, 15) is 13.2 Å². The van der Waals surface area contributed by atoms with Crippen LogP contribution in [0.25, 0.3) is 0 Å². The minimum absolute atomic E-state index is 0.169. The third-order valence-corrected chi connectivity index (χ3v) is 3.65. The summed E-state index contributed by atoms with van der Waals surface area (Å²) in [6.07, 6.45) is 2.05. The van der Waals surface area contributed by atoms with E-state index in [0.29, 0.717) is 25.3 Å². The summed E-state index contributed by atoms with van der Waals surface area (Å²) in [5.74, 6) is -2.77. The monoisotopic (exact) mass is 213 g/mol. The number of nitrogens with two attached hydrogens (primary N) is 1. The van der Waals surface area contributed by atoms with E-state index in [2.05, 4.69) is 0 Å². The van der Waals surface area contributed by atoms with Gasteiger partial charge in [0.25, 0.3) is 0 Å². The Hall–Kier alpha value is -1.03. The van der Waals surface area contributed by atoms with E-state index in [0.717, 1.165) is 6.07 Å². The Bertz CT molecular complexity index is 436. The molecule has 2 N–H and O–H groups in total. The molecule has 0 atom stereocenters. The van der Waals surface area contributed by atoms with Crippen LogP contribution in [0.4, 0.5) is 13.2 Å². The van der Waals surface area contributed by atoms with Crippen LogP contribution in [0.5, 0.6) is 0 Å². The fourth-order valence-electron chi connectivity index (χ4n) is 3.08. The van der Waals surface area contributed by atoms with Crippen molar-refractivity contribution >= 4 is 0 Å². The van der Waals surface area contributed by atoms with E-state index in [4.69, 9.17) is 5.73 Å². The summed E-state index contributed by atoms with van der Waals surface area (Å²) >= 11 is 0. The summed E-state index contributed by atoms with van der Waals surface area (Å²) in [5.41, 5.74) is 5.64. The van der Waals surface area contributed by atoms with Crippen LogP contribution < -0.4 is 5.73 Å². The lowest BCUT2D eigenvalue weighted by Crippen LogP contribution is -2.74. The fourth-order valence-corrected chi connectivity index (χ4v) is 3.08. The summed E-state index contributed by atoms with van der Waals surface area (Å²) in [6.45, 7) is 0. The zero-order chi connectivity index (χ0) is 10.8. The predicted molar refractivity (Wildman–Crippen MR) is 48.8 cm³/mol. The van der Waals surface area contributed by atoms with Gasteiger partial charge >= 0.3 is 0 Å². The highest BCUT2D eigenvalue weighted by Gasteiger charge is 2.67. The number of rotatable bonds is 1. The summed E-state index contributed by atoms with van der Waals surface area (Å²) in [4.78, 5) is 0. The molecule has 2 bridgehead atoms. The van der Waals surface area contributed by atoms with Crippen molar-refractivity contribution in [3.8, 4) is 0 Å². The molecule has 0 heterocycles. The van der Waals surface area contributed by atoms with Gasteiger partial charge in [-0.05, 0) is 30.9 Å². The second-order valence-electron chi connectivity index (χ2n) is 4.92. The summed E-state index contributed by atoms with van der Waals surface area (Å²) < 4.78 is 39.2. The van der Waals surface area contributed by atoms with Crippen molar-refractivity contribution in [1.82, 2.24) is 0 Å². The molecule has 0 spiro atoms. The van der Waals surface area contributed by atoms with Gasteiger partial charge < -0.3 is 5.73 Å². The SMILES string of the molecule is NC12CC(c3cc(F)c(F)cc3F)(C1)C2. The smallest absolute Gasteiger partial charge is 0.161 e. The highest BCUT2D eigenvalue weighted by atomic mass is 19.2. The number of benzene rings is 1. The molecular weight excluding hydrogens is 203 g/mol. The van der Waals surface area contributed by atoms with Gasteiger partial charge in [0.05, 0.1) is 0 Å². The molecule has 80 valence electrons. The molecule has 0 aromatic heterocycles. The van der Waals surface area contributed by atoms with Gasteiger partial charge in [-0.15, -0.1) is 0 Å². The molecule has 3 saturated carbocycles. The van der Waals surface area contributed by atoms with Crippen LogP contribution in [0.2, 0.25) is 0 Å². The summed E-state index contributed by atoms with van der Waals surface area (Å²) in [5, 5.41) is 0. The lowest BCUT2D eigenvalue weighted by Gasteiger charge is -2.69. The van der Waals surface area contributed by atoms with Crippen LogP contribution in [0.1, 0.15) is 24.8 Å². The number of halogens is 3. The molecule has 0 amide bonds. The topological polar surface area (TPSA) is 26.0 Å². The van der Waals surface area contributed by atoms with E-state index in [1.165, 1.54) is 0 Å². The Balaban J connectivity index is 2.03. The Morgan fingerprint density at radius 2 is 1.47 bits per heavy atom. The van der Waals surface area contributed by atoms with Gasteiger partial charge in [-0.3, -0.25) is 0 Å². The second-order valence-corrected chi connectivity index (χ2v) is 4.92. The van der Waals surface area contributed by atoms with Gasteiger partial charge in [0.2, 0.25) is 0 Å². The van der Waals surface area contributed by atoms with Crippen LogP contribution >= 0.6 is 0 Å². The molecule has 15 heavy (non-hydrogen) atoms. The molecule has 0 unspecified atom stereocenters. The normalized spacial score (nSPS) is 37.1. The minimum Gasteiger partial charge on any atom is -0.325 e. The highest BCUT2D eigenvalue weighted by Crippen LogP contribution is 2.66. The van der Waals surface area contributed by atoms with Crippen LogP contribution in [-0.4, -0.2) is 5.54 Å². The molecule has 3 aliphatic carbocycles. The van der Waals surface area contributed by atoms with Crippen molar-refractivity contribution in [3.05, 3.63) is 35.1 Å². The summed E-state index contributed by atoms with van der Waals surface area (Å²) in [7, 11) is 0. The maximum absolute atomic E-state index is 13.4. The number of hydrogen-bond acceptors (Lipinski definition) is 1. The van der Waals surface area contributed by atoms with Crippen molar-refractivity contribution in [2.75, 3.05) is 0 Å². The van der Waals surface area contributed by atoms with Gasteiger partial charge in [0.15, 0.2) is 11.6 Å². The van der Waals surface area contributed by atoms with E-state index < -0.39 is 17.5 Å². The Kier molecular flexibility index (Phi) is 1.46. The molecule has 4 rings (SSSR count). The summed E-state index contributed by atoms with van der Waals surface area (Å²) in [6, 6.07) is 1.59. The molecule has 0 radical (unpaired) electrons. The van der Waals surface area contributed by atoms with E-state index in [-0.39, 0.29) is 16.5 Å². The van der Waals surface area contributed by atoms with E-state index in [1.54, 1.807) is 0 Å². The maximum atomic E-state index is 13.4. The molecule has 3 fully saturated rings. The lowest BCUT2D eigenvalue weighted by atomic mass is 9.38. The second kappa shape index (κ2) is 2.38. The van der Waals surface area contributed by atoms with Crippen LogP contribution in [-0.2, 0) is 5.41 Å². The molecular formula is C11H10F3N. The first kappa shape index (κ1) is 9.21. The average Bonchev–Trinajstić information content (AvgIpc) is 2.05. The van der Waals surface area contributed by atoms with Gasteiger partial charge in [0, 0.05) is 17.0 Å². The van der Waals surface area contributed by atoms with Gasteiger partial charge in [0.1, 0.15) is 5.82 Å². The van der Waals surface area contributed by atoms with Crippen molar-refractivity contribution in [2.24, 2.45) is 5.73 Å². The van der Waals surface area contributed by atoms with Crippen molar-refractivity contribution < 1.29 is 13.2 Å². The van der Waals surface area contributed by atoms with Crippen molar-refractivity contribution in [2.45, 2.75) is 30.2 Å². The Morgan fingerprint density at radius 3 is 2.00 bits per heavy atom. The molecule has 1 aromatic rings. The first-order valence-electron chi connectivity index (χ1n) is 4.88. The third-order valence-electron chi connectivity index (χ3n) is 3.65. The molecule has 4 heteroatoms. The van der Waals surface area contributed by atoms with Crippen LogP contribution in [0.3, 0.4) is 0 Å². The molecule has 0 saturated heterocycles. The van der Waals surface area contributed by atoms with Crippen molar-refractivity contribution in [1.29, 1.82) is 0 Å². The first-order valence-corrected chi connectivity index (χ1v) is 4.88. The molecule has 3 aliphatic rings.